The maximum atomic E-state index is 11.8. The van der Waals surface area contributed by atoms with Gasteiger partial charge in [0.2, 0.25) is 8.32 Å². The van der Waals surface area contributed by atoms with Crippen molar-refractivity contribution < 1.29 is 14.4 Å². The number of benzene rings is 1. The van der Waals surface area contributed by atoms with Crippen molar-refractivity contribution in [3.63, 3.8) is 0 Å². The molecule has 4 rings (SSSR count). The summed E-state index contributed by atoms with van der Waals surface area (Å²) < 4.78 is 6.21. The maximum absolute atomic E-state index is 11.8. The molecule has 1 N–H and O–H groups in total. The van der Waals surface area contributed by atoms with Gasteiger partial charge in [0.1, 0.15) is 12.9 Å². The summed E-state index contributed by atoms with van der Waals surface area (Å²) in [5.41, 5.74) is 2.99. The van der Waals surface area contributed by atoms with Gasteiger partial charge in [0, 0.05) is 5.41 Å². The lowest BCUT2D eigenvalue weighted by molar-refractivity contribution is -0.119. The van der Waals surface area contributed by atoms with Crippen LogP contribution in [0.15, 0.2) is 23.4 Å². The van der Waals surface area contributed by atoms with Gasteiger partial charge in [-0.25, -0.2) is 0 Å². The molecule has 0 aliphatic heterocycles. The zero-order valence-electron chi connectivity index (χ0n) is 17.3. The molecule has 1 aromatic carbocycles. The van der Waals surface area contributed by atoms with Crippen LogP contribution in [0.1, 0.15) is 56.1 Å². The van der Waals surface area contributed by atoms with E-state index in [0.29, 0.717) is 11.8 Å². The Morgan fingerprint density at radius 2 is 1.93 bits per heavy atom. The molecule has 0 radical (unpaired) electrons. The predicted octanol–water partition coefficient (Wildman–Crippen LogP) is 4.87. The average Bonchev–Trinajstić information content (AvgIpc) is 2.85. The number of hydrogen-bond donors (Lipinski definition) is 1. The van der Waals surface area contributed by atoms with Gasteiger partial charge in [0.15, 0.2) is 0 Å². The standard InChI is InChI=1S/C22H33NO3Si/c1-21-12-10-18-17-8-7-16(26-27(3,4)5)14-15(17)6-9-19(18)22(21,24)13-11-20(21)23-25-2/h7-8,14,18-19,24H,6,9-13H2,1-5H3/t18-,19-,21-,22-/m1/s1. The summed E-state index contributed by atoms with van der Waals surface area (Å²) in [6, 6.07) is 6.67. The number of oxime groups is 1. The van der Waals surface area contributed by atoms with Crippen LogP contribution < -0.4 is 4.43 Å². The average molecular weight is 388 g/mol. The fourth-order valence-electron chi connectivity index (χ4n) is 6.00. The maximum Gasteiger partial charge on any atom is 0.242 e. The molecule has 4 nitrogen and oxygen atoms in total. The summed E-state index contributed by atoms with van der Waals surface area (Å²) in [6.07, 6.45) is 5.79. The summed E-state index contributed by atoms with van der Waals surface area (Å²) in [5.74, 6) is 1.76. The minimum absolute atomic E-state index is 0.247. The van der Waals surface area contributed by atoms with Crippen LogP contribution in [0.2, 0.25) is 19.6 Å². The number of aryl methyl sites for hydroxylation is 1. The van der Waals surface area contributed by atoms with E-state index in [4.69, 9.17) is 9.26 Å². The Morgan fingerprint density at radius 1 is 1.15 bits per heavy atom. The normalized spacial score (nSPS) is 36.7. The van der Waals surface area contributed by atoms with Gasteiger partial charge >= 0.3 is 0 Å². The first kappa shape index (κ1) is 19.0. The first-order chi connectivity index (χ1) is 12.7. The van der Waals surface area contributed by atoms with E-state index in [-0.39, 0.29) is 5.41 Å². The van der Waals surface area contributed by atoms with Gasteiger partial charge in [0.25, 0.3) is 0 Å². The lowest BCUT2D eigenvalue weighted by Gasteiger charge is -2.54. The van der Waals surface area contributed by atoms with Gasteiger partial charge in [-0.15, -0.1) is 0 Å². The van der Waals surface area contributed by atoms with E-state index in [0.717, 1.165) is 50.0 Å². The second-order valence-corrected chi connectivity index (χ2v) is 14.3. The van der Waals surface area contributed by atoms with Crippen molar-refractivity contribution in [2.75, 3.05) is 7.11 Å². The highest BCUT2D eigenvalue weighted by molar-refractivity contribution is 6.70. The Morgan fingerprint density at radius 3 is 2.63 bits per heavy atom. The Labute approximate surface area is 164 Å². The first-order valence-electron chi connectivity index (χ1n) is 10.3. The van der Waals surface area contributed by atoms with E-state index in [9.17, 15) is 5.11 Å². The molecule has 27 heavy (non-hydrogen) atoms. The zero-order chi connectivity index (χ0) is 19.4. The Kier molecular flexibility index (Phi) is 4.47. The highest BCUT2D eigenvalue weighted by atomic mass is 28.4. The molecule has 0 saturated heterocycles. The fraction of sp³-hybridized carbons (Fsp3) is 0.682. The van der Waals surface area contributed by atoms with Gasteiger partial charge in [-0.3, -0.25) is 0 Å². The molecule has 0 amide bonds. The minimum Gasteiger partial charge on any atom is -0.544 e. The molecule has 0 bridgehead atoms. The van der Waals surface area contributed by atoms with E-state index in [2.05, 4.69) is 49.9 Å². The van der Waals surface area contributed by atoms with Crippen molar-refractivity contribution in [1.82, 2.24) is 0 Å². The van der Waals surface area contributed by atoms with Crippen LogP contribution in [0, 0.1) is 11.3 Å². The molecule has 2 saturated carbocycles. The minimum atomic E-state index is -1.60. The molecule has 148 valence electrons. The van der Waals surface area contributed by atoms with E-state index in [1.807, 2.05) is 0 Å². The molecular formula is C22H33NO3Si. The van der Waals surface area contributed by atoms with Crippen LogP contribution >= 0.6 is 0 Å². The summed E-state index contributed by atoms with van der Waals surface area (Å²) in [5, 5.41) is 16.1. The van der Waals surface area contributed by atoms with Crippen LogP contribution in [-0.2, 0) is 11.3 Å². The summed E-state index contributed by atoms with van der Waals surface area (Å²) in [6.45, 7) is 8.87. The molecule has 3 aliphatic rings. The van der Waals surface area contributed by atoms with Gasteiger partial charge in [-0.05, 0) is 93.3 Å². The van der Waals surface area contributed by atoms with Gasteiger partial charge < -0.3 is 14.4 Å². The third kappa shape index (κ3) is 2.94. The van der Waals surface area contributed by atoms with Gasteiger partial charge in [-0.2, -0.15) is 0 Å². The van der Waals surface area contributed by atoms with Crippen LogP contribution in [-0.4, -0.2) is 31.8 Å². The zero-order valence-corrected chi connectivity index (χ0v) is 18.3. The number of fused-ring (bicyclic) bond motifs is 5. The highest BCUT2D eigenvalue weighted by Crippen LogP contribution is 2.62. The van der Waals surface area contributed by atoms with Crippen LogP contribution in [0.5, 0.6) is 5.75 Å². The molecule has 0 spiro atoms. The lowest BCUT2D eigenvalue weighted by Crippen LogP contribution is -2.56. The van der Waals surface area contributed by atoms with E-state index in [1.54, 1.807) is 7.11 Å². The van der Waals surface area contributed by atoms with Crippen molar-refractivity contribution in [2.45, 2.75) is 76.6 Å². The quantitative estimate of drug-likeness (QED) is 0.594. The Balaban J connectivity index is 1.66. The molecule has 0 heterocycles. The van der Waals surface area contributed by atoms with Crippen molar-refractivity contribution in [3.05, 3.63) is 29.3 Å². The van der Waals surface area contributed by atoms with Crippen molar-refractivity contribution in [1.29, 1.82) is 0 Å². The molecule has 4 atom stereocenters. The topological polar surface area (TPSA) is 51.0 Å². The molecule has 1 aromatic rings. The number of rotatable bonds is 3. The molecule has 5 heteroatoms. The fourth-order valence-corrected chi connectivity index (χ4v) is 6.84. The number of hydrogen-bond acceptors (Lipinski definition) is 4. The number of nitrogens with zero attached hydrogens (tertiary/aromatic N) is 1. The van der Waals surface area contributed by atoms with Crippen molar-refractivity contribution in [2.24, 2.45) is 16.5 Å². The highest BCUT2D eigenvalue weighted by Gasteiger charge is 2.63. The SMILES string of the molecule is CON=C1CC[C@@]2(O)[C@@H]3CCc4cc(O[Si](C)(C)C)ccc4[C@H]3CC[C@]12C. The van der Waals surface area contributed by atoms with E-state index in [1.165, 1.54) is 11.1 Å². The van der Waals surface area contributed by atoms with E-state index >= 15 is 0 Å². The Bertz CT molecular complexity index is 771. The van der Waals surface area contributed by atoms with Gasteiger partial charge in [-0.1, -0.05) is 18.1 Å². The molecule has 3 aliphatic carbocycles. The van der Waals surface area contributed by atoms with Crippen molar-refractivity contribution >= 4 is 14.0 Å². The molecule has 2 fully saturated rings. The first-order valence-corrected chi connectivity index (χ1v) is 13.7. The second kappa shape index (κ2) is 6.34. The summed E-state index contributed by atoms with van der Waals surface area (Å²) in [7, 11) is 0.00936. The van der Waals surface area contributed by atoms with Gasteiger partial charge in [0.05, 0.1) is 11.3 Å². The van der Waals surface area contributed by atoms with Crippen molar-refractivity contribution in [3.8, 4) is 5.75 Å². The van der Waals surface area contributed by atoms with Crippen LogP contribution in [0.3, 0.4) is 0 Å². The molecular weight excluding hydrogens is 354 g/mol. The van der Waals surface area contributed by atoms with E-state index < -0.39 is 13.9 Å². The Hall–Kier alpha value is -1.33. The predicted molar refractivity (Wildman–Crippen MR) is 111 cm³/mol. The van der Waals surface area contributed by atoms with Crippen LogP contribution in [0.25, 0.3) is 0 Å². The third-order valence-electron chi connectivity index (χ3n) is 7.25. The lowest BCUT2D eigenvalue weighted by atomic mass is 9.53. The smallest absolute Gasteiger partial charge is 0.242 e. The third-order valence-corrected chi connectivity index (χ3v) is 8.10. The second-order valence-electron chi connectivity index (χ2n) is 9.84. The largest absolute Gasteiger partial charge is 0.544 e. The monoisotopic (exact) mass is 387 g/mol. The van der Waals surface area contributed by atoms with Crippen LogP contribution in [0.4, 0.5) is 0 Å². The molecule has 0 unspecified atom stereocenters. The summed E-state index contributed by atoms with van der Waals surface area (Å²) in [4.78, 5) is 5.10. The summed E-state index contributed by atoms with van der Waals surface area (Å²) >= 11 is 0. The molecule has 0 aromatic heterocycles. The number of aliphatic hydroxyl groups is 1.